The topological polar surface area (TPSA) is 50.2 Å². The van der Waals surface area contributed by atoms with E-state index in [0.717, 1.165) is 0 Å². The van der Waals surface area contributed by atoms with Crippen LogP contribution in [0, 0.1) is 0 Å². The highest BCUT2D eigenvalue weighted by Gasteiger charge is 2.54. The van der Waals surface area contributed by atoms with Gasteiger partial charge in [-0.2, -0.15) is 0 Å². The van der Waals surface area contributed by atoms with E-state index in [0.29, 0.717) is 28.6 Å². The Morgan fingerprint density at radius 2 is 2.14 bits per heavy atom. The van der Waals surface area contributed by atoms with Crippen LogP contribution in [0.2, 0.25) is 10.0 Å². The maximum Gasteiger partial charge on any atom is 0.315 e. The Morgan fingerprint density at radius 1 is 1.50 bits per heavy atom. The Labute approximate surface area is 90.7 Å². The molecule has 1 aromatic rings. The number of pyridine rings is 1. The van der Waals surface area contributed by atoms with Gasteiger partial charge in [-0.05, 0) is 18.9 Å². The van der Waals surface area contributed by atoms with Crippen molar-refractivity contribution in [3.05, 3.63) is 28.0 Å². The summed E-state index contributed by atoms with van der Waals surface area (Å²) in [7, 11) is 0. The molecular formula is C9H7Cl2NO2. The standard InChI is InChI=1S/C9H7Cl2NO2/c10-5-3-6(11)7(12-4-5)9(1-2-9)8(13)14/h3-4H,1-2H2,(H,13,14). The number of carboxylic acid groups (broad SMARTS) is 1. The Bertz CT molecular complexity index is 402. The molecule has 1 aliphatic rings. The molecule has 0 spiro atoms. The number of aliphatic carboxylic acids is 1. The molecule has 0 saturated heterocycles. The Morgan fingerprint density at radius 3 is 2.57 bits per heavy atom. The van der Waals surface area contributed by atoms with Crippen molar-refractivity contribution in [3.63, 3.8) is 0 Å². The first kappa shape index (κ1) is 9.74. The lowest BCUT2D eigenvalue weighted by molar-refractivity contribution is -0.140. The number of carbonyl (C=O) groups is 1. The van der Waals surface area contributed by atoms with Gasteiger partial charge in [0.25, 0.3) is 0 Å². The van der Waals surface area contributed by atoms with E-state index in [1.807, 2.05) is 0 Å². The second kappa shape index (κ2) is 3.11. The monoisotopic (exact) mass is 231 g/mol. The number of hydrogen-bond acceptors (Lipinski definition) is 2. The third kappa shape index (κ3) is 1.37. The molecular weight excluding hydrogens is 225 g/mol. The van der Waals surface area contributed by atoms with Gasteiger partial charge < -0.3 is 5.11 Å². The molecule has 3 nitrogen and oxygen atoms in total. The molecule has 1 aromatic heterocycles. The van der Waals surface area contributed by atoms with E-state index in [2.05, 4.69) is 4.98 Å². The van der Waals surface area contributed by atoms with Crippen molar-refractivity contribution in [2.45, 2.75) is 18.3 Å². The molecule has 0 atom stereocenters. The quantitative estimate of drug-likeness (QED) is 0.852. The molecule has 0 bridgehead atoms. The molecule has 0 aromatic carbocycles. The van der Waals surface area contributed by atoms with Crippen molar-refractivity contribution in [2.75, 3.05) is 0 Å². The van der Waals surface area contributed by atoms with Crippen molar-refractivity contribution in [1.29, 1.82) is 0 Å². The van der Waals surface area contributed by atoms with E-state index in [1.54, 1.807) is 0 Å². The molecule has 1 heterocycles. The van der Waals surface area contributed by atoms with Crippen LogP contribution >= 0.6 is 23.2 Å². The normalized spacial score (nSPS) is 17.9. The van der Waals surface area contributed by atoms with Crippen molar-refractivity contribution < 1.29 is 9.90 Å². The van der Waals surface area contributed by atoms with Crippen LogP contribution < -0.4 is 0 Å². The number of aromatic nitrogens is 1. The van der Waals surface area contributed by atoms with Gasteiger partial charge in [0.2, 0.25) is 0 Å². The minimum absolute atomic E-state index is 0.331. The van der Waals surface area contributed by atoms with E-state index in [9.17, 15) is 4.79 Å². The molecule has 14 heavy (non-hydrogen) atoms. The summed E-state index contributed by atoms with van der Waals surface area (Å²) in [4.78, 5) is 15.0. The Kier molecular flexibility index (Phi) is 2.16. The summed E-state index contributed by atoms with van der Waals surface area (Å²) >= 11 is 11.6. The van der Waals surface area contributed by atoms with Gasteiger partial charge in [-0.1, -0.05) is 23.2 Å². The molecule has 0 amide bonds. The average Bonchev–Trinajstić information content (AvgIpc) is 2.84. The van der Waals surface area contributed by atoms with Gasteiger partial charge in [0.15, 0.2) is 0 Å². The van der Waals surface area contributed by atoms with Gasteiger partial charge in [-0.3, -0.25) is 9.78 Å². The lowest BCUT2D eigenvalue weighted by atomic mass is 10.0. The van der Waals surface area contributed by atoms with Crippen molar-refractivity contribution in [1.82, 2.24) is 4.98 Å². The van der Waals surface area contributed by atoms with Crippen LogP contribution in [0.5, 0.6) is 0 Å². The summed E-state index contributed by atoms with van der Waals surface area (Å²) in [6.45, 7) is 0. The maximum atomic E-state index is 11.0. The molecule has 0 aliphatic heterocycles. The lowest BCUT2D eigenvalue weighted by Gasteiger charge is -2.10. The first-order chi connectivity index (χ1) is 6.56. The zero-order valence-corrected chi connectivity index (χ0v) is 8.64. The zero-order chi connectivity index (χ0) is 10.3. The van der Waals surface area contributed by atoms with Gasteiger partial charge in [0.1, 0.15) is 5.41 Å². The number of nitrogens with zero attached hydrogens (tertiary/aromatic N) is 1. The second-order valence-electron chi connectivity index (χ2n) is 3.37. The number of carboxylic acids is 1. The third-order valence-electron chi connectivity index (χ3n) is 2.42. The van der Waals surface area contributed by atoms with Crippen LogP contribution in [-0.2, 0) is 10.2 Å². The summed E-state index contributed by atoms with van der Waals surface area (Å²) in [6.07, 6.45) is 2.61. The molecule has 0 radical (unpaired) electrons. The predicted octanol–water partition coefficient (Wildman–Crippen LogP) is 2.50. The molecule has 1 N–H and O–H groups in total. The lowest BCUT2D eigenvalue weighted by Crippen LogP contribution is -2.21. The summed E-state index contributed by atoms with van der Waals surface area (Å²) in [5.74, 6) is -0.866. The SMILES string of the molecule is O=C(O)C1(c2ncc(Cl)cc2Cl)CC1. The van der Waals surface area contributed by atoms with E-state index >= 15 is 0 Å². The summed E-state index contributed by atoms with van der Waals surface area (Å²) in [5, 5.41) is 9.77. The van der Waals surface area contributed by atoms with Crippen molar-refractivity contribution >= 4 is 29.2 Å². The molecule has 74 valence electrons. The zero-order valence-electron chi connectivity index (χ0n) is 7.13. The van der Waals surface area contributed by atoms with E-state index in [1.165, 1.54) is 12.3 Å². The van der Waals surface area contributed by atoms with Gasteiger partial charge in [0.05, 0.1) is 15.7 Å². The van der Waals surface area contributed by atoms with E-state index in [-0.39, 0.29) is 0 Å². The van der Waals surface area contributed by atoms with E-state index in [4.69, 9.17) is 28.3 Å². The molecule has 1 saturated carbocycles. The van der Waals surface area contributed by atoms with Gasteiger partial charge in [0, 0.05) is 6.20 Å². The smallest absolute Gasteiger partial charge is 0.315 e. The summed E-state index contributed by atoms with van der Waals surface area (Å²) in [6, 6.07) is 1.52. The van der Waals surface area contributed by atoms with Crippen LogP contribution in [0.4, 0.5) is 0 Å². The molecule has 1 aliphatic carbocycles. The number of rotatable bonds is 2. The number of halogens is 2. The van der Waals surface area contributed by atoms with Crippen LogP contribution in [0.15, 0.2) is 12.3 Å². The van der Waals surface area contributed by atoms with Gasteiger partial charge in [-0.15, -0.1) is 0 Å². The van der Waals surface area contributed by atoms with Crippen molar-refractivity contribution in [2.24, 2.45) is 0 Å². The molecule has 2 rings (SSSR count). The Hall–Kier alpha value is -0.800. The molecule has 1 fully saturated rings. The Balaban J connectivity index is 2.47. The summed E-state index contributed by atoms with van der Waals surface area (Å²) in [5.41, 5.74) is -0.433. The number of hydrogen-bond donors (Lipinski definition) is 1. The van der Waals surface area contributed by atoms with Crippen LogP contribution in [0.3, 0.4) is 0 Å². The molecule has 5 heteroatoms. The van der Waals surface area contributed by atoms with E-state index < -0.39 is 11.4 Å². The van der Waals surface area contributed by atoms with Crippen LogP contribution in [0.25, 0.3) is 0 Å². The van der Waals surface area contributed by atoms with Crippen LogP contribution in [0.1, 0.15) is 18.5 Å². The fourth-order valence-corrected chi connectivity index (χ4v) is 2.00. The second-order valence-corrected chi connectivity index (χ2v) is 4.21. The first-order valence-electron chi connectivity index (χ1n) is 4.11. The fraction of sp³-hybridized carbons (Fsp3) is 0.333. The van der Waals surface area contributed by atoms with Gasteiger partial charge >= 0.3 is 5.97 Å². The van der Waals surface area contributed by atoms with Crippen LogP contribution in [-0.4, -0.2) is 16.1 Å². The maximum absolute atomic E-state index is 11.0. The largest absolute Gasteiger partial charge is 0.481 e. The fourth-order valence-electron chi connectivity index (χ4n) is 1.44. The highest BCUT2D eigenvalue weighted by Crippen LogP contribution is 2.49. The highest BCUT2D eigenvalue weighted by molar-refractivity contribution is 6.35. The minimum Gasteiger partial charge on any atom is -0.481 e. The predicted molar refractivity (Wildman–Crippen MR) is 52.8 cm³/mol. The van der Waals surface area contributed by atoms with Gasteiger partial charge in [-0.25, -0.2) is 0 Å². The van der Waals surface area contributed by atoms with Crippen molar-refractivity contribution in [3.8, 4) is 0 Å². The summed E-state index contributed by atoms with van der Waals surface area (Å²) < 4.78 is 0. The average molecular weight is 232 g/mol. The highest BCUT2D eigenvalue weighted by atomic mass is 35.5. The third-order valence-corrected chi connectivity index (χ3v) is 2.92. The molecule has 0 unspecified atom stereocenters. The minimum atomic E-state index is -0.866. The first-order valence-corrected chi connectivity index (χ1v) is 4.87.